The van der Waals surface area contributed by atoms with Crippen LogP contribution in [0.2, 0.25) is 0 Å². The molecule has 3 saturated carbocycles. The lowest BCUT2D eigenvalue weighted by Gasteiger charge is -2.63. The predicted molar refractivity (Wildman–Crippen MR) is 77.5 cm³/mol. The van der Waals surface area contributed by atoms with Gasteiger partial charge >= 0.3 is 7.12 Å². The van der Waals surface area contributed by atoms with Crippen molar-refractivity contribution in [2.75, 3.05) is 0 Å². The van der Waals surface area contributed by atoms with E-state index in [1.54, 1.807) is 0 Å². The van der Waals surface area contributed by atoms with Gasteiger partial charge in [0.1, 0.15) is 0 Å². The second-order valence-corrected chi connectivity index (χ2v) is 8.21. The third kappa shape index (κ3) is 1.98. The largest absolute Gasteiger partial charge is 0.475 e. The maximum atomic E-state index is 6.27. The highest BCUT2D eigenvalue weighted by Gasteiger charge is 2.67. The Morgan fingerprint density at radius 3 is 2.58 bits per heavy atom. The minimum Gasteiger partial charge on any atom is -0.404 e. The fraction of sp³-hybridized carbons (Fsp3) is 1.00. The second kappa shape index (κ2) is 4.22. The van der Waals surface area contributed by atoms with Crippen molar-refractivity contribution in [3.05, 3.63) is 0 Å². The van der Waals surface area contributed by atoms with E-state index in [2.05, 4.69) is 34.6 Å². The summed E-state index contributed by atoms with van der Waals surface area (Å²) in [5.74, 6) is 2.03. The maximum Gasteiger partial charge on any atom is 0.475 e. The zero-order chi connectivity index (χ0) is 14.0. The molecule has 0 amide bonds. The monoisotopic (exact) mass is 265 g/mol. The smallest absolute Gasteiger partial charge is 0.404 e. The molecular formula is C15H28BNO2. The topological polar surface area (TPSA) is 44.5 Å². The molecule has 2 bridgehead atoms. The van der Waals surface area contributed by atoms with Gasteiger partial charge in [0.25, 0.3) is 0 Å². The molecule has 4 rings (SSSR count). The Labute approximate surface area is 117 Å². The van der Waals surface area contributed by atoms with Gasteiger partial charge < -0.3 is 15.0 Å². The van der Waals surface area contributed by atoms with E-state index in [1.807, 2.05) is 0 Å². The molecule has 1 heterocycles. The Bertz CT molecular complexity index is 373. The molecule has 4 fully saturated rings. The second-order valence-electron chi connectivity index (χ2n) is 8.21. The first-order chi connectivity index (χ1) is 8.74. The SMILES string of the molecule is CC(C)C[C@H](N)B1O[C@@H]2[C@@H]3C[C@H](C[C@]2(C)O1)C3(C)C. The van der Waals surface area contributed by atoms with Gasteiger partial charge in [0.15, 0.2) is 0 Å². The van der Waals surface area contributed by atoms with Gasteiger partial charge in [-0.1, -0.05) is 27.7 Å². The predicted octanol–water partition coefficient (Wildman–Crippen LogP) is 2.63. The molecule has 1 saturated heterocycles. The van der Waals surface area contributed by atoms with E-state index in [4.69, 9.17) is 15.0 Å². The first-order valence-corrected chi connectivity index (χ1v) is 7.83. The maximum absolute atomic E-state index is 6.27. The molecule has 4 aliphatic rings. The van der Waals surface area contributed by atoms with E-state index >= 15 is 0 Å². The molecule has 0 unspecified atom stereocenters. The minimum absolute atomic E-state index is 0.00253. The van der Waals surface area contributed by atoms with Gasteiger partial charge in [-0.2, -0.15) is 0 Å². The molecule has 0 spiro atoms. The third-order valence-corrected chi connectivity index (χ3v) is 5.92. The standard InChI is InChI=1S/C15H28BNO2/c1-9(2)6-12(17)16-18-13-11-7-10(14(11,3)4)8-15(13,5)19-16/h9-13H,6-8,17H2,1-5H3/t10-,11+,12+,13-,15+/m1/s1. The van der Waals surface area contributed by atoms with Crippen LogP contribution in [-0.2, 0) is 9.31 Å². The lowest BCUT2D eigenvalue weighted by molar-refractivity contribution is -0.185. The van der Waals surface area contributed by atoms with Crippen molar-refractivity contribution in [3.8, 4) is 0 Å². The highest BCUT2D eigenvalue weighted by Crippen LogP contribution is 2.64. The molecule has 108 valence electrons. The molecule has 0 aromatic heterocycles. The van der Waals surface area contributed by atoms with Crippen LogP contribution in [0.15, 0.2) is 0 Å². The summed E-state index contributed by atoms with van der Waals surface area (Å²) in [7, 11) is -0.201. The Morgan fingerprint density at radius 2 is 2.00 bits per heavy atom. The van der Waals surface area contributed by atoms with Crippen LogP contribution in [-0.4, -0.2) is 24.8 Å². The van der Waals surface area contributed by atoms with E-state index in [-0.39, 0.29) is 24.8 Å². The van der Waals surface area contributed by atoms with Gasteiger partial charge in [-0.3, -0.25) is 0 Å². The van der Waals surface area contributed by atoms with Crippen molar-refractivity contribution in [1.82, 2.24) is 0 Å². The summed E-state index contributed by atoms with van der Waals surface area (Å²) >= 11 is 0. The van der Waals surface area contributed by atoms with E-state index in [0.717, 1.165) is 18.8 Å². The summed E-state index contributed by atoms with van der Waals surface area (Å²) in [5, 5.41) is 0. The lowest BCUT2D eigenvalue weighted by atomic mass is 9.45. The van der Waals surface area contributed by atoms with Gasteiger partial charge in [-0.15, -0.1) is 0 Å². The van der Waals surface area contributed by atoms with Gasteiger partial charge in [-0.25, -0.2) is 0 Å². The van der Waals surface area contributed by atoms with E-state index in [9.17, 15) is 0 Å². The van der Waals surface area contributed by atoms with Gasteiger partial charge in [0.2, 0.25) is 0 Å². The van der Waals surface area contributed by atoms with E-state index in [1.165, 1.54) is 6.42 Å². The Balaban J connectivity index is 1.73. The average Bonchev–Trinajstić information content (AvgIpc) is 2.64. The zero-order valence-corrected chi connectivity index (χ0v) is 13.0. The van der Waals surface area contributed by atoms with E-state index in [0.29, 0.717) is 17.3 Å². The summed E-state index contributed by atoms with van der Waals surface area (Å²) in [5.41, 5.74) is 6.60. The molecule has 4 heteroatoms. The zero-order valence-electron chi connectivity index (χ0n) is 13.0. The molecular weight excluding hydrogens is 237 g/mol. The normalized spacial score (nSPS) is 45.0. The summed E-state index contributed by atoms with van der Waals surface area (Å²) in [6.45, 7) is 11.4. The molecule has 0 aromatic rings. The van der Waals surface area contributed by atoms with Crippen LogP contribution in [0, 0.1) is 23.2 Å². The Hall–Kier alpha value is -0.0551. The molecule has 3 aliphatic carbocycles. The van der Waals surface area contributed by atoms with Crippen molar-refractivity contribution in [2.24, 2.45) is 28.9 Å². The molecule has 5 atom stereocenters. The minimum atomic E-state index is -0.201. The summed E-state index contributed by atoms with van der Waals surface area (Å²) in [4.78, 5) is 0. The van der Waals surface area contributed by atoms with Crippen molar-refractivity contribution in [1.29, 1.82) is 0 Å². The van der Waals surface area contributed by atoms with Crippen LogP contribution in [0.3, 0.4) is 0 Å². The number of hydrogen-bond donors (Lipinski definition) is 1. The summed E-state index contributed by atoms with van der Waals surface area (Å²) in [6, 6.07) is 0. The highest BCUT2D eigenvalue weighted by molar-refractivity contribution is 6.47. The molecule has 19 heavy (non-hydrogen) atoms. The van der Waals surface area contributed by atoms with Crippen LogP contribution in [0.4, 0.5) is 0 Å². The molecule has 1 aliphatic heterocycles. The number of rotatable bonds is 3. The van der Waals surface area contributed by atoms with Gasteiger partial charge in [0, 0.05) is 5.94 Å². The van der Waals surface area contributed by atoms with Crippen molar-refractivity contribution < 1.29 is 9.31 Å². The van der Waals surface area contributed by atoms with Crippen molar-refractivity contribution in [2.45, 2.75) is 71.5 Å². The quantitative estimate of drug-likeness (QED) is 0.798. The van der Waals surface area contributed by atoms with Crippen molar-refractivity contribution in [3.63, 3.8) is 0 Å². The van der Waals surface area contributed by atoms with Gasteiger partial charge in [0.05, 0.1) is 11.7 Å². The first kappa shape index (κ1) is 13.9. The van der Waals surface area contributed by atoms with Crippen LogP contribution < -0.4 is 5.73 Å². The van der Waals surface area contributed by atoms with Crippen LogP contribution >= 0.6 is 0 Å². The van der Waals surface area contributed by atoms with Crippen LogP contribution in [0.1, 0.15) is 53.9 Å². The van der Waals surface area contributed by atoms with E-state index < -0.39 is 0 Å². The molecule has 0 radical (unpaired) electrons. The van der Waals surface area contributed by atoms with Gasteiger partial charge in [-0.05, 0) is 49.4 Å². The van der Waals surface area contributed by atoms with Crippen LogP contribution in [0.5, 0.6) is 0 Å². The fourth-order valence-electron chi connectivity index (χ4n) is 4.58. The molecule has 3 nitrogen and oxygen atoms in total. The number of nitrogens with two attached hydrogens (primary N) is 1. The molecule has 2 N–H and O–H groups in total. The third-order valence-electron chi connectivity index (χ3n) is 5.92. The average molecular weight is 265 g/mol. The fourth-order valence-corrected chi connectivity index (χ4v) is 4.58. The molecule has 0 aromatic carbocycles. The van der Waals surface area contributed by atoms with Crippen molar-refractivity contribution >= 4 is 7.12 Å². The Kier molecular flexibility index (Phi) is 3.09. The summed E-state index contributed by atoms with van der Waals surface area (Å²) in [6.07, 6.45) is 3.65. The lowest BCUT2D eigenvalue weighted by Crippen LogP contribution is -2.63. The number of hydrogen-bond acceptors (Lipinski definition) is 3. The summed E-state index contributed by atoms with van der Waals surface area (Å²) < 4.78 is 12.5. The Morgan fingerprint density at radius 1 is 1.32 bits per heavy atom. The highest BCUT2D eigenvalue weighted by atomic mass is 16.7. The van der Waals surface area contributed by atoms with Crippen LogP contribution in [0.25, 0.3) is 0 Å². The first-order valence-electron chi connectivity index (χ1n) is 7.83.